The van der Waals surface area contributed by atoms with Crippen LogP contribution in [0.15, 0.2) is 54.6 Å². The van der Waals surface area contributed by atoms with Crippen LogP contribution in [0, 0.1) is 0 Å². The van der Waals surface area contributed by atoms with Crippen molar-refractivity contribution in [3.8, 4) is 0 Å². The van der Waals surface area contributed by atoms with Crippen LogP contribution >= 0.6 is 0 Å². The zero-order valence-corrected chi connectivity index (χ0v) is 10.3. The minimum atomic E-state index is -0.500. The first kappa shape index (κ1) is 11.5. The van der Waals surface area contributed by atoms with E-state index >= 15 is 0 Å². The zero-order chi connectivity index (χ0) is 12.5. The van der Waals surface area contributed by atoms with E-state index < -0.39 is 6.10 Å². The van der Waals surface area contributed by atoms with Gasteiger partial charge in [-0.1, -0.05) is 54.6 Å². The molecule has 1 heterocycles. The van der Waals surface area contributed by atoms with Gasteiger partial charge in [0.1, 0.15) is 12.2 Å². The Bertz CT molecular complexity index is 534. The number of benzene rings is 2. The molecule has 2 aromatic carbocycles. The average molecular weight is 240 g/mol. The van der Waals surface area contributed by atoms with E-state index in [1.807, 2.05) is 36.4 Å². The molecule has 3 atom stereocenters. The fourth-order valence-electron chi connectivity index (χ4n) is 2.56. The second kappa shape index (κ2) is 4.56. The van der Waals surface area contributed by atoms with Crippen molar-refractivity contribution in [1.29, 1.82) is 0 Å². The summed E-state index contributed by atoms with van der Waals surface area (Å²) in [4.78, 5) is 0. The second-order valence-corrected chi connectivity index (χ2v) is 4.72. The van der Waals surface area contributed by atoms with Gasteiger partial charge in [0.2, 0.25) is 0 Å². The fraction of sp³-hybridized carbons (Fsp3) is 0.250. The summed E-state index contributed by atoms with van der Waals surface area (Å²) in [6.07, 6.45) is -0.798. The highest BCUT2D eigenvalue weighted by molar-refractivity contribution is 5.41. The van der Waals surface area contributed by atoms with Gasteiger partial charge >= 0.3 is 0 Å². The summed E-state index contributed by atoms with van der Waals surface area (Å²) >= 11 is 0. The maximum Gasteiger partial charge on any atom is 0.110 e. The Balaban J connectivity index is 2.05. The van der Waals surface area contributed by atoms with Crippen LogP contribution in [0.25, 0.3) is 0 Å². The maximum atomic E-state index is 9.84. The number of aliphatic hydroxyl groups excluding tert-OH is 1. The summed E-state index contributed by atoms with van der Waals surface area (Å²) in [5.41, 5.74) is 3.39. The Kier molecular flexibility index (Phi) is 2.90. The SMILES string of the molecule is C[C@@H](O)[C@H]1O[C@H](c2ccccc2)c2ccccc21. The quantitative estimate of drug-likeness (QED) is 0.873. The largest absolute Gasteiger partial charge is 0.390 e. The summed E-state index contributed by atoms with van der Waals surface area (Å²) in [6.45, 7) is 1.77. The predicted octanol–water partition coefficient (Wildman–Crippen LogP) is 3.23. The molecule has 18 heavy (non-hydrogen) atoms. The van der Waals surface area contributed by atoms with E-state index in [9.17, 15) is 5.11 Å². The van der Waals surface area contributed by atoms with Gasteiger partial charge in [0.25, 0.3) is 0 Å². The molecule has 0 radical (unpaired) electrons. The van der Waals surface area contributed by atoms with E-state index in [1.165, 1.54) is 0 Å². The summed E-state index contributed by atoms with van der Waals surface area (Å²) in [5, 5.41) is 9.84. The average Bonchev–Trinajstić information content (AvgIpc) is 2.79. The van der Waals surface area contributed by atoms with Gasteiger partial charge in [0.15, 0.2) is 0 Å². The van der Waals surface area contributed by atoms with Crippen molar-refractivity contribution in [1.82, 2.24) is 0 Å². The maximum absolute atomic E-state index is 9.84. The molecule has 92 valence electrons. The first-order valence-corrected chi connectivity index (χ1v) is 6.24. The van der Waals surface area contributed by atoms with Crippen LogP contribution < -0.4 is 0 Å². The van der Waals surface area contributed by atoms with E-state index in [-0.39, 0.29) is 12.2 Å². The molecule has 1 N–H and O–H groups in total. The standard InChI is InChI=1S/C16H16O2/c1-11(17)15-13-9-5-6-10-14(13)16(18-15)12-7-3-2-4-8-12/h2-11,15-17H,1H3/t11-,15-,16-/m1/s1. The first-order valence-electron chi connectivity index (χ1n) is 6.24. The minimum Gasteiger partial charge on any atom is -0.390 e. The molecule has 0 bridgehead atoms. The molecule has 2 aromatic rings. The van der Waals surface area contributed by atoms with Gasteiger partial charge in [-0.2, -0.15) is 0 Å². The molecular weight excluding hydrogens is 224 g/mol. The first-order chi connectivity index (χ1) is 8.77. The predicted molar refractivity (Wildman–Crippen MR) is 70.2 cm³/mol. The molecule has 1 aliphatic heterocycles. The van der Waals surface area contributed by atoms with Gasteiger partial charge in [0.05, 0.1) is 6.10 Å². The molecule has 0 aliphatic carbocycles. The van der Waals surface area contributed by atoms with Crippen molar-refractivity contribution in [3.63, 3.8) is 0 Å². The van der Waals surface area contributed by atoms with Crippen LogP contribution in [0.1, 0.15) is 35.8 Å². The van der Waals surface area contributed by atoms with E-state index in [2.05, 4.69) is 18.2 Å². The molecular formula is C16H16O2. The molecule has 1 aliphatic rings. The lowest BCUT2D eigenvalue weighted by Crippen LogP contribution is -2.14. The van der Waals surface area contributed by atoms with Crippen LogP contribution in [-0.4, -0.2) is 11.2 Å². The molecule has 2 heteroatoms. The van der Waals surface area contributed by atoms with E-state index in [4.69, 9.17) is 4.74 Å². The monoisotopic (exact) mass is 240 g/mol. The number of hydrogen-bond acceptors (Lipinski definition) is 2. The second-order valence-electron chi connectivity index (χ2n) is 4.72. The molecule has 0 spiro atoms. The van der Waals surface area contributed by atoms with Gasteiger partial charge in [0, 0.05) is 0 Å². The molecule has 0 fully saturated rings. The molecule has 2 nitrogen and oxygen atoms in total. The van der Waals surface area contributed by atoms with Crippen LogP contribution in [0.3, 0.4) is 0 Å². The van der Waals surface area contributed by atoms with Gasteiger partial charge in [-0.25, -0.2) is 0 Å². The van der Waals surface area contributed by atoms with Crippen LogP contribution in [0.4, 0.5) is 0 Å². The molecule has 0 amide bonds. The third-order valence-corrected chi connectivity index (χ3v) is 3.41. The lowest BCUT2D eigenvalue weighted by atomic mass is 9.96. The summed E-state index contributed by atoms with van der Waals surface area (Å²) in [6, 6.07) is 18.3. The number of aliphatic hydroxyl groups is 1. The van der Waals surface area contributed by atoms with Crippen molar-refractivity contribution in [2.45, 2.75) is 25.2 Å². The Hall–Kier alpha value is -1.64. The topological polar surface area (TPSA) is 29.5 Å². The third kappa shape index (κ3) is 1.84. The smallest absolute Gasteiger partial charge is 0.110 e. The summed E-state index contributed by atoms with van der Waals surface area (Å²) in [5.74, 6) is 0. The highest BCUT2D eigenvalue weighted by atomic mass is 16.5. The van der Waals surface area contributed by atoms with E-state index in [0.29, 0.717) is 0 Å². The molecule has 0 saturated heterocycles. The highest BCUT2D eigenvalue weighted by Crippen LogP contribution is 2.43. The lowest BCUT2D eigenvalue weighted by Gasteiger charge is -2.16. The molecule has 3 rings (SSSR count). The van der Waals surface area contributed by atoms with Crippen LogP contribution in [-0.2, 0) is 4.74 Å². The number of fused-ring (bicyclic) bond motifs is 1. The zero-order valence-electron chi connectivity index (χ0n) is 10.3. The van der Waals surface area contributed by atoms with Gasteiger partial charge in [-0.15, -0.1) is 0 Å². The number of rotatable bonds is 2. The van der Waals surface area contributed by atoms with Crippen molar-refractivity contribution in [2.24, 2.45) is 0 Å². The van der Waals surface area contributed by atoms with Crippen LogP contribution in [0.2, 0.25) is 0 Å². The Morgan fingerprint density at radius 1 is 0.944 bits per heavy atom. The van der Waals surface area contributed by atoms with Gasteiger partial charge in [-0.3, -0.25) is 0 Å². The summed E-state index contributed by atoms with van der Waals surface area (Å²) < 4.78 is 6.03. The van der Waals surface area contributed by atoms with E-state index in [1.54, 1.807) is 6.92 Å². The van der Waals surface area contributed by atoms with Gasteiger partial charge in [-0.05, 0) is 23.6 Å². The lowest BCUT2D eigenvalue weighted by molar-refractivity contribution is -0.0402. The van der Waals surface area contributed by atoms with Crippen LogP contribution in [0.5, 0.6) is 0 Å². The highest BCUT2D eigenvalue weighted by Gasteiger charge is 2.34. The Morgan fingerprint density at radius 3 is 2.22 bits per heavy atom. The molecule has 0 aromatic heterocycles. The summed E-state index contributed by atoms with van der Waals surface area (Å²) in [7, 11) is 0. The van der Waals surface area contributed by atoms with Crippen molar-refractivity contribution >= 4 is 0 Å². The number of hydrogen-bond donors (Lipinski definition) is 1. The number of ether oxygens (including phenoxy) is 1. The van der Waals surface area contributed by atoms with Crippen molar-refractivity contribution < 1.29 is 9.84 Å². The van der Waals surface area contributed by atoms with Gasteiger partial charge < -0.3 is 9.84 Å². The molecule has 0 unspecified atom stereocenters. The van der Waals surface area contributed by atoms with Crippen molar-refractivity contribution in [3.05, 3.63) is 71.3 Å². The van der Waals surface area contributed by atoms with E-state index in [0.717, 1.165) is 16.7 Å². The fourth-order valence-corrected chi connectivity index (χ4v) is 2.56. The minimum absolute atomic E-state index is 0.0676. The molecule has 0 saturated carbocycles. The Labute approximate surface area is 107 Å². The third-order valence-electron chi connectivity index (χ3n) is 3.41. The van der Waals surface area contributed by atoms with Crippen molar-refractivity contribution in [2.75, 3.05) is 0 Å². The normalized spacial score (nSPS) is 23.7. The Morgan fingerprint density at radius 2 is 1.56 bits per heavy atom.